The number of para-hydroxylation sites is 2. The lowest BCUT2D eigenvalue weighted by atomic mass is 10.1. The minimum atomic E-state index is -1.14. The summed E-state index contributed by atoms with van der Waals surface area (Å²) in [5.74, 6) is -1.38. The number of carbonyl (C=O) groups is 3. The Morgan fingerprint density at radius 1 is 1.10 bits per heavy atom. The van der Waals surface area contributed by atoms with Gasteiger partial charge >= 0.3 is 12.0 Å². The van der Waals surface area contributed by atoms with E-state index in [2.05, 4.69) is 15.6 Å². The number of fused-ring (bicyclic) bond motifs is 2. The number of H-pyrrole nitrogens is 1. The second-order valence-electron chi connectivity index (χ2n) is 7.21. The average molecular weight is 406 g/mol. The first kappa shape index (κ1) is 19.5. The van der Waals surface area contributed by atoms with Gasteiger partial charge in [-0.25, -0.2) is 9.59 Å². The lowest BCUT2D eigenvalue weighted by molar-refractivity contribution is -0.139. The van der Waals surface area contributed by atoms with Crippen LogP contribution in [-0.4, -0.2) is 47.1 Å². The normalized spacial score (nSPS) is 13.7. The zero-order chi connectivity index (χ0) is 21.1. The van der Waals surface area contributed by atoms with Gasteiger partial charge in [0.05, 0.1) is 6.54 Å². The van der Waals surface area contributed by atoms with Gasteiger partial charge in [0.15, 0.2) is 0 Å². The molecule has 8 heteroatoms. The average Bonchev–Trinajstić information content (AvgIpc) is 3.36. The summed E-state index contributed by atoms with van der Waals surface area (Å²) in [6.07, 6.45) is 2.65. The fourth-order valence-corrected chi connectivity index (χ4v) is 3.78. The summed E-state index contributed by atoms with van der Waals surface area (Å²) < 4.78 is 0. The number of aromatic amines is 1. The fraction of sp³-hybridized carbons (Fsp3) is 0.227. The summed E-state index contributed by atoms with van der Waals surface area (Å²) in [6, 6.07) is 13.4. The molecule has 4 N–H and O–H groups in total. The number of urea groups is 1. The van der Waals surface area contributed by atoms with Crippen molar-refractivity contribution >= 4 is 34.5 Å². The van der Waals surface area contributed by atoms with Crippen molar-refractivity contribution in [2.75, 3.05) is 18.0 Å². The molecule has 4 rings (SSSR count). The van der Waals surface area contributed by atoms with E-state index < -0.39 is 18.0 Å². The van der Waals surface area contributed by atoms with Gasteiger partial charge < -0.3 is 25.6 Å². The monoisotopic (exact) mass is 406 g/mol. The third-order valence-corrected chi connectivity index (χ3v) is 5.29. The number of aromatic nitrogens is 1. The van der Waals surface area contributed by atoms with E-state index in [-0.39, 0.29) is 18.9 Å². The van der Waals surface area contributed by atoms with E-state index >= 15 is 0 Å². The molecule has 1 atom stereocenters. The van der Waals surface area contributed by atoms with Crippen molar-refractivity contribution < 1.29 is 19.5 Å². The Balaban J connectivity index is 1.35. The molecule has 1 aliphatic heterocycles. The second kappa shape index (κ2) is 8.28. The zero-order valence-electron chi connectivity index (χ0n) is 16.2. The van der Waals surface area contributed by atoms with E-state index in [1.165, 1.54) is 0 Å². The molecule has 8 nitrogen and oxygen atoms in total. The van der Waals surface area contributed by atoms with Crippen LogP contribution in [0.3, 0.4) is 0 Å². The van der Waals surface area contributed by atoms with Crippen molar-refractivity contribution in [2.24, 2.45) is 0 Å². The van der Waals surface area contributed by atoms with Crippen molar-refractivity contribution in [3.8, 4) is 0 Å². The molecular formula is C22H22N4O4. The number of nitrogens with one attached hydrogen (secondary N) is 3. The highest BCUT2D eigenvalue weighted by atomic mass is 16.4. The smallest absolute Gasteiger partial charge is 0.326 e. The molecule has 0 aliphatic carbocycles. The first-order valence-electron chi connectivity index (χ1n) is 9.73. The number of amides is 3. The highest BCUT2D eigenvalue weighted by Crippen LogP contribution is 2.27. The second-order valence-corrected chi connectivity index (χ2v) is 7.21. The number of hydrogen-bond donors (Lipinski definition) is 4. The standard InChI is InChI=1S/C22H22N4O4/c27-20(26-10-9-14-5-1-4-8-19(14)26)13-24-22(30)25-18(21(28)29)11-15-12-23-17-7-3-2-6-16(15)17/h1-8,12,18,23H,9-11,13H2,(H,28,29)(H2,24,25,30). The minimum Gasteiger partial charge on any atom is -0.480 e. The molecule has 154 valence electrons. The van der Waals surface area contributed by atoms with E-state index in [1.807, 2.05) is 48.5 Å². The molecule has 0 fully saturated rings. The zero-order valence-corrected chi connectivity index (χ0v) is 16.2. The van der Waals surface area contributed by atoms with Gasteiger partial charge in [-0.3, -0.25) is 4.79 Å². The molecule has 2 heterocycles. The SMILES string of the molecule is O=C(NCC(=O)N1CCc2ccccc21)NC(Cc1c[nH]c2ccccc12)C(=O)O. The molecule has 1 aliphatic rings. The van der Waals surface area contributed by atoms with Crippen molar-refractivity contribution in [3.63, 3.8) is 0 Å². The number of nitrogens with zero attached hydrogens (tertiary/aromatic N) is 1. The van der Waals surface area contributed by atoms with Gasteiger partial charge in [0.2, 0.25) is 5.91 Å². The van der Waals surface area contributed by atoms with E-state index in [0.717, 1.165) is 34.1 Å². The Hall–Kier alpha value is -3.81. The van der Waals surface area contributed by atoms with E-state index in [4.69, 9.17) is 0 Å². The number of rotatable bonds is 6. The van der Waals surface area contributed by atoms with Crippen molar-refractivity contribution in [2.45, 2.75) is 18.9 Å². The van der Waals surface area contributed by atoms with Gasteiger partial charge in [0.25, 0.3) is 0 Å². The van der Waals surface area contributed by atoms with Crippen LogP contribution in [0.2, 0.25) is 0 Å². The van der Waals surface area contributed by atoms with Gasteiger partial charge in [-0.15, -0.1) is 0 Å². The van der Waals surface area contributed by atoms with Crippen molar-refractivity contribution in [1.29, 1.82) is 0 Å². The van der Waals surface area contributed by atoms with Crippen LogP contribution < -0.4 is 15.5 Å². The first-order valence-corrected chi connectivity index (χ1v) is 9.73. The van der Waals surface area contributed by atoms with Gasteiger partial charge in [-0.1, -0.05) is 36.4 Å². The number of benzene rings is 2. The fourth-order valence-electron chi connectivity index (χ4n) is 3.78. The van der Waals surface area contributed by atoms with Gasteiger partial charge in [0.1, 0.15) is 6.04 Å². The van der Waals surface area contributed by atoms with Crippen LogP contribution in [0.1, 0.15) is 11.1 Å². The highest BCUT2D eigenvalue weighted by Gasteiger charge is 2.25. The number of carboxylic acids is 1. The maximum atomic E-state index is 12.5. The molecule has 0 saturated heterocycles. The Labute approximate surface area is 172 Å². The largest absolute Gasteiger partial charge is 0.480 e. The van der Waals surface area contributed by atoms with Crippen LogP contribution in [0, 0.1) is 0 Å². The molecule has 3 aromatic rings. The molecule has 1 aromatic heterocycles. The summed E-state index contributed by atoms with van der Waals surface area (Å²) in [6.45, 7) is 0.361. The molecule has 1 unspecified atom stereocenters. The lowest BCUT2D eigenvalue weighted by Gasteiger charge is -2.19. The summed E-state index contributed by atoms with van der Waals surface area (Å²) in [5, 5.41) is 15.4. The Bertz CT molecular complexity index is 1110. The van der Waals surface area contributed by atoms with E-state index in [0.29, 0.717) is 6.54 Å². The van der Waals surface area contributed by atoms with Crippen LogP contribution in [0.15, 0.2) is 54.7 Å². The Morgan fingerprint density at radius 2 is 1.87 bits per heavy atom. The van der Waals surface area contributed by atoms with Crippen LogP contribution in [-0.2, 0) is 22.4 Å². The molecular weight excluding hydrogens is 384 g/mol. The van der Waals surface area contributed by atoms with Crippen molar-refractivity contribution in [3.05, 3.63) is 65.9 Å². The number of aliphatic carboxylic acids is 1. The number of anilines is 1. The molecule has 3 amide bonds. The molecule has 0 radical (unpaired) electrons. The van der Waals surface area contributed by atoms with Gasteiger partial charge in [0, 0.05) is 35.8 Å². The molecule has 0 bridgehead atoms. The van der Waals surface area contributed by atoms with E-state index in [1.54, 1.807) is 11.1 Å². The van der Waals surface area contributed by atoms with Crippen LogP contribution >= 0.6 is 0 Å². The first-order chi connectivity index (χ1) is 14.5. The van der Waals surface area contributed by atoms with Crippen LogP contribution in [0.5, 0.6) is 0 Å². The van der Waals surface area contributed by atoms with Gasteiger partial charge in [-0.2, -0.15) is 0 Å². The Morgan fingerprint density at radius 3 is 2.70 bits per heavy atom. The van der Waals surface area contributed by atoms with Gasteiger partial charge in [-0.05, 0) is 29.7 Å². The third-order valence-electron chi connectivity index (χ3n) is 5.29. The maximum absolute atomic E-state index is 12.5. The number of carboxylic acid groups (broad SMARTS) is 1. The number of hydrogen-bond acceptors (Lipinski definition) is 3. The molecule has 30 heavy (non-hydrogen) atoms. The third kappa shape index (κ3) is 3.98. The van der Waals surface area contributed by atoms with E-state index in [9.17, 15) is 19.5 Å². The topological polar surface area (TPSA) is 115 Å². The molecule has 2 aromatic carbocycles. The lowest BCUT2D eigenvalue weighted by Crippen LogP contribution is -2.49. The maximum Gasteiger partial charge on any atom is 0.326 e. The molecule has 0 saturated carbocycles. The quantitative estimate of drug-likeness (QED) is 0.502. The summed E-state index contributed by atoms with van der Waals surface area (Å²) in [5.41, 5.74) is 3.65. The van der Waals surface area contributed by atoms with Crippen molar-refractivity contribution in [1.82, 2.24) is 15.6 Å². The van der Waals surface area contributed by atoms with Crippen LogP contribution in [0.4, 0.5) is 10.5 Å². The summed E-state index contributed by atoms with van der Waals surface area (Å²) >= 11 is 0. The summed E-state index contributed by atoms with van der Waals surface area (Å²) in [7, 11) is 0. The molecule has 0 spiro atoms. The van der Waals surface area contributed by atoms with Crippen LogP contribution in [0.25, 0.3) is 10.9 Å². The summed E-state index contributed by atoms with van der Waals surface area (Å²) in [4.78, 5) is 41.1. The minimum absolute atomic E-state index is 0.125. The number of carbonyl (C=O) groups excluding carboxylic acids is 2. The predicted molar refractivity (Wildman–Crippen MR) is 112 cm³/mol. The highest BCUT2D eigenvalue weighted by molar-refractivity contribution is 5.98. The predicted octanol–water partition coefficient (Wildman–Crippen LogP) is 2.05. The Kier molecular flexibility index (Phi) is 5.38.